The zero-order valence-electron chi connectivity index (χ0n) is 16.7. The first kappa shape index (κ1) is 23.6. The number of amides is 1. The lowest BCUT2D eigenvalue weighted by atomic mass is 10.1. The van der Waals surface area contributed by atoms with Crippen LogP contribution in [0.2, 0.25) is 0 Å². The van der Waals surface area contributed by atoms with Crippen LogP contribution < -0.4 is 10.0 Å². The monoisotopic (exact) mass is 444 g/mol. The van der Waals surface area contributed by atoms with Gasteiger partial charge in [-0.2, -0.15) is 13.2 Å². The molecule has 30 heavy (non-hydrogen) atoms. The molecule has 0 spiro atoms. The number of carbonyl (C=O) groups excluding carboxylic acids is 1. The Hall–Kier alpha value is -2.69. The van der Waals surface area contributed by atoms with Crippen LogP contribution in [0.5, 0.6) is 0 Å². The summed E-state index contributed by atoms with van der Waals surface area (Å²) in [4.78, 5) is 19.2. The summed E-state index contributed by atoms with van der Waals surface area (Å²) in [6.07, 6.45) is -1.44. The number of benzene rings is 1. The van der Waals surface area contributed by atoms with Crippen molar-refractivity contribution in [1.82, 2.24) is 9.97 Å². The molecule has 7 nitrogen and oxygen atoms in total. The average Bonchev–Trinajstić information content (AvgIpc) is 2.66. The number of carbonyl (C=O) groups is 1. The zero-order chi connectivity index (χ0) is 22.5. The van der Waals surface area contributed by atoms with Crippen LogP contribution in [0.15, 0.2) is 30.5 Å². The number of sulfonamides is 1. The number of halogens is 3. The molecule has 0 saturated carbocycles. The maximum atomic E-state index is 13.4. The second-order valence-corrected chi connectivity index (χ2v) is 9.14. The van der Waals surface area contributed by atoms with Gasteiger partial charge in [-0.05, 0) is 44.4 Å². The molecule has 1 amide bonds. The van der Waals surface area contributed by atoms with Crippen LogP contribution in [-0.2, 0) is 22.6 Å². The first-order valence-corrected chi connectivity index (χ1v) is 10.8. The molecule has 0 fully saturated rings. The summed E-state index contributed by atoms with van der Waals surface area (Å²) in [6, 6.07) is 6.77. The predicted molar refractivity (Wildman–Crippen MR) is 108 cm³/mol. The maximum absolute atomic E-state index is 13.4. The summed E-state index contributed by atoms with van der Waals surface area (Å²) in [6.45, 7) is 4.76. The highest BCUT2D eigenvalue weighted by Gasteiger charge is 2.38. The number of anilines is 2. The summed E-state index contributed by atoms with van der Waals surface area (Å²) >= 11 is 0. The average molecular weight is 444 g/mol. The highest BCUT2D eigenvalue weighted by atomic mass is 32.2. The van der Waals surface area contributed by atoms with Crippen molar-refractivity contribution in [2.75, 3.05) is 10.0 Å². The number of unbranched alkanes of at least 4 members (excludes halogenated alkanes) is 1. The van der Waals surface area contributed by atoms with Gasteiger partial charge in [-0.15, -0.1) is 0 Å². The van der Waals surface area contributed by atoms with E-state index >= 15 is 0 Å². The molecule has 1 aromatic heterocycles. The lowest BCUT2D eigenvalue weighted by molar-refractivity contribution is -0.141. The lowest BCUT2D eigenvalue weighted by Crippen LogP contribution is -2.26. The molecule has 0 aliphatic rings. The molecule has 0 saturated heterocycles. The van der Waals surface area contributed by atoms with Crippen LogP contribution in [0.4, 0.5) is 24.8 Å². The van der Waals surface area contributed by atoms with Crippen molar-refractivity contribution in [2.24, 2.45) is 0 Å². The summed E-state index contributed by atoms with van der Waals surface area (Å²) in [5.74, 6) is -1.81. The normalized spacial score (nSPS) is 12.1. The second kappa shape index (κ2) is 9.41. The largest absolute Gasteiger partial charge is 0.434 e. The second-order valence-electron chi connectivity index (χ2n) is 6.90. The fraction of sp³-hybridized carbons (Fsp3) is 0.421. The van der Waals surface area contributed by atoms with Crippen LogP contribution in [0, 0.1) is 0 Å². The van der Waals surface area contributed by atoms with Crippen molar-refractivity contribution < 1.29 is 26.4 Å². The smallest absolute Gasteiger partial charge is 0.322 e. The highest BCUT2D eigenvalue weighted by molar-refractivity contribution is 7.93. The van der Waals surface area contributed by atoms with Gasteiger partial charge < -0.3 is 5.32 Å². The number of aryl methyl sites for hydroxylation is 1. The number of rotatable bonds is 8. The highest BCUT2D eigenvalue weighted by Crippen LogP contribution is 2.31. The SMILES string of the molecule is CCCCc1ccc(NC(=O)c2cnc(NS(=O)(=O)C(C)C)nc2C(F)(F)F)cc1. The van der Waals surface area contributed by atoms with Gasteiger partial charge in [0.05, 0.1) is 10.8 Å². The number of nitrogens with zero attached hydrogens (tertiary/aromatic N) is 2. The van der Waals surface area contributed by atoms with E-state index in [1.54, 1.807) is 24.3 Å². The lowest BCUT2D eigenvalue weighted by Gasteiger charge is -2.14. The molecule has 1 aromatic carbocycles. The van der Waals surface area contributed by atoms with Gasteiger partial charge in [0.25, 0.3) is 5.91 Å². The van der Waals surface area contributed by atoms with Crippen molar-refractivity contribution in [1.29, 1.82) is 0 Å². The van der Waals surface area contributed by atoms with E-state index in [9.17, 15) is 26.4 Å². The Morgan fingerprint density at radius 1 is 1.17 bits per heavy atom. The first-order valence-electron chi connectivity index (χ1n) is 9.30. The van der Waals surface area contributed by atoms with Crippen LogP contribution in [0.1, 0.15) is 55.2 Å². The first-order chi connectivity index (χ1) is 13.9. The Morgan fingerprint density at radius 2 is 1.80 bits per heavy atom. The molecule has 2 N–H and O–H groups in total. The Labute approximate surface area is 173 Å². The van der Waals surface area contributed by atoms with E-state index in [2.05, 4.69) is 22.2 Å². The van der Waals surface area contributed by atoms with Gasteiger partial charge >= 0.3 is 6.18 Å². The topological polar surface area (TPSA) is 101 Å². The molecule has 0 aliphatic carbocycles. The minimum atomic E-state index is -4.99. The van der Waals surface area contributed by atoms with E-state index < -0.39 is 44.6 Å². The van der Waals surface area contributed by atoms with E-state index in [4.69, 9.17) is 0 Å². The van der Waals surface area contributed by atoms with Gasteiger partial charge in [-0.1, -0.05) is 25.5 Å². The van der Waals surface area contributed by atoms with Gasteiger partial charge in [0.1, 0.15) is 0 Å². The molecule has 0 radical (unpaired) electrons. The Morgan fingerprint density at radius 3 is 2.33 bits per heavy atom. The van der Waals surface area contributed by atoms with Crippen molar-refractivity contribution >= 4 is 27.6 Å². The summed E-state index contributed by atoms with van der Waals surface area (Å²) in [7, 11) is -3.95. The quantitative estimate of drug-likeness (QED) is 0.634. The van der Waals surface area contributed by atoms with E-state index in [1.807, 2.05) is 4.72 Å². The zero-order valence-corrected chi connectivity index (χ0v) is 17.6. The maximum Gasteiger partial charge on any atom is 0.434 e. The van der Waals surface area contributed by atoms with Crippen LogP contribution in [-0.4, -0.2) is 29.5 Å². The van der Waals surface area contributed by atoms with Gasteiger partial charge in [-0.25, -0.2) is 18.4 Å². The molecule has 0 atom stereocenters. The molecule has 2 rings (SSSR count). The third-order valence-electron chi connectivity index (χ3n) is 4.19. The van der Waals surface area contributed by atoms with E-state index in [0.29, 0.717) is 11.9 Å². The van der Waals surface area contributed by atoms with Gasteiger partial charge in [0.2, 0.25) is 16.0 Å². The third kappa shape index (κ3) is 6.15. The number of hydrogen-bond donors (Lipinski definition) is 2. The fourth-order valence-corrected chi connectivity index (χ4v) is 2.98. The van der Waals surface area contributed by atoms with Crippen LogP contribution >= 0.6 is 0 Å². The van der Waals surface area contributed by atoms with E-state index in [0.717, 1.165) is 24.8 Å². The van der Waals surface area contributed by atoms with Crippen molar-refractivity contribution in [2.45, 2.75) is 51.5 Å². The van der Waals surface area contributed by atoms with Crippen molar-refractivity contribution in [3.63, 3.8) is 0 Å². The molecule has 164 valence electrons. The minimum absolute atomic E-state index is 0.318. The Bertz CT molecular complexity index is 991. The molecular formula is C19H23F3N4O3S. The third-order valence-corrected chi connectivity index (χ3v) is 5.90. The summed E-state index contributed by atoms with van der Waals surface area (Å²) < 4.78 is 65.9. The van der Waals surface area contributed by atoms with Crippen molar-refractivity contribution in [3.8, 4) is 0 Å². The predicted octanol–water partition coefficient (Wildman–Crippen LogP) is 4.24. The molecule has 2 aromatic rings. The van der Waals surface area contributed by atoms with Gasteiger partial charge in [-0.3, -0.25) is 9.52 Å². The molecule has 11 heteroatoms. The number of hydrogen-bond acceptors (Lipinski definition) is 5. The fourth-order valence-electron chi connectivity index (χ4n) is 2.39. The van der Waals surface area contributed by atoms with Gasteiger partial charge in [0, 0.05) is 11.9 Å². The Kier molecular flexibility index (Phi) is 7.40. The van der Waals surface area contributed by atoms with Gasteiger partial charge in [0.15, 0.2) is 5.69 Å². The van der Waals surface area contributed by atoms with Crippen LogP contribution in [0.3, 0.4) is 0 Å². The molecular weight excluding hydrogens is 421 g/mol. The molecule has 0 unspecified atom stereocenters. The number of alkyl halides is 3. The van der Waals surface area contributed by atoms with Crippen molar-refractivity contribution in [3.05, 3.63) is 47.3 Å². The molecule has 0 bridgehead atoms. The summed E-state index contributed by atoms with van der Waals surface area (Å²) in [5, 5.41) is 1.48. The molecule has 1 heterocycles. The van der Waals surface area contributed by atoms with Crippen LogP contribution in [0.25, 0.3) is 0 Å². The standard InChI is InChI=1S/C19H23F3N4O3S/c1-4-5-6-13-7-9-14(10-8-13)24-17(27)15-11-23-18(25-16(15)19(20,21)22)26-30(28,29)12(2)3/h7-12H,4-6H2,1-3H3,(H,24,27)(H,23,25,26). The number of aromatic nitrogens is 2. The Balaban J connectivity index is 2.28. The minimum Gasteiger partial charge on any atom is -0.322 e. The molecule has 0 aliphatic heterocycles. The number of nitrogens with one attached hydrogen (secondary N) is 2. The van der Waals surface area contributed by atoms with E-state index in [-0.39, 0.29) is 0 Å². The van der Waals surface area contributed by atoms with E-state index in [1.165, 1.54) is 13.8 Å². The summed E-state index contributed by atoms with van der Waals surface area (Å²) in [5.41, 5.74) is -0.977.